The molecule has 0 atom stereocenters. The minimum absolute atomic E-state index is 0.0118. The second-order valence-electron chi connectivity index (χ2n) is 1.97. The highest BCUT2D eigenvalue weighted by Gasteiger charge is 2.09. The lowest BCUT2D eigenvalue weighted by Crippen LogP contribution is -1.91. The second kappa shape index (κ2) is 3.65. The first-order valence-corrected chi connectivity index (χ1v) is 4.15. The van der Waals surface area contributed by atoms with Crippen molar-refractivity contribution in [3.63, 3.8) is 0 Å². The summed E-state index contributed by atoms with van der Waals surface area (Å²) in [5.74, 6) is -0.670. The molecule has 2 N–H and O–H groups in total. The fraction of sp³-hybridized carbons (Fsp3) is 0. The molecule has 1 aromatic carbocycles. The van der Waals surface area contributed by atoms with Gasteiger partial charge < -0.3 is 5.73 Å². The quantitative estimate of drug-likeness (QED) is 0.433. The topological polar surface area (TPSA) is 49.8 Å². The van der Waals surface area contributed by atoms with E-state index in [0.717, 1.165) is 11.8 Å². The maximum absolute atomic E-state index is 12.9. The zero-order valence-electron chi connectivity index (χ0n) is 5.84. The molecule has 0 aliphatic heterocycles. The van der Waals surface area contributed by atoms with Crippen molar-refractivity contribution in [1.29, 1.82) is 5.26 Å². The molecule has 0 unspecified atom stereocenters. The van der Waals surface area contributed by atoms with Gasteiger partial charge in [0.05, 0.1) is 10.7 Å². The van der Waals surface area contributed by atoms with Crippen molar-refractivity contribution >= 4 is 29.1 Å². The number of nitrogens with two attached hydrogens (primary N) is 1. The van der Waals surface area contributed by atoms with Crippen LogP contribution >= 0.6 is 23.4 Å². The molecular formula is C7H4ClFN2S. The van der Waals surface area contributed by atoms with E-state index in [9.17, 15) is 4.39 Å². The lowest BCUT2D eigenvalue weighted by atomic mass is 10.3. The number of benzene rings is 1. The molecule has 12 heavy (non-hydrogen) atoms. The zero-order valence-corrected chi connectivity index (χ0v) is 7.42. The van der Waals surface area contributed by atoms with Gasteiger partial charge in [0.15, 0.2) is 5.82 Å². The Morgan fingerprint density at radius 1 is 1.58 bits per heavy atom. The number of rotatable bonds is 1. The molecule has 62 valence electrons. The summed E-state index contributed by atoms with van der Waals surface area (Å²) in [6.07, 6.45) is 0. The van der Waals surface area contributed by atoms with Crippen LogP contribution in [0.1, 0.15) is 0 Å². The molecule has 0 bridgehead atoms. The number of anilines is 1. The van der Waals surface area contributed by atoms with Gasteiger partial charge in [0.2, 0.25) is 0 Å². The largest absolute Gasteiger partial charge is 0.396 e. The van der Waals surface area contributed by atoms with E-state index in [1.807, 2.05) is 0 Å². The Morgan fingerprint density at radius 3 is 2.83 bits per heavy atom. The highest BCUT2D eigenvalue weighted by molar-refractivity contribution is 8.03. The van der Waals surface area contributed by atoms with Crippen LogP contribution in [0.4, 0.5) is 10.1 Å². The summed E-state index contributed by atoms with van der Waals surface area (Å²) in [5, 5.41) is 10.0. The van der Waals surface area contributed by atoms with E-state index in [4.69, 9.17) is 22.6 Å². The van der Waals surface area contributed by atoms with Crippen LogP contribution in [0, 0.1) is 16.5 Å². The Bertz CT molecular complexity index is 348. The zero-order chi connectivity index (χ0) is 9.14. The summed E-state index contributed by atoms with van der Waals surface area (Å²) >= 11 is 6.35. The van der Waals surface area contributed by atoms with Crippen molar-refractivity contribution in [1.82, 2.24) is 0 Å². The summed E-state index contributed by atoms with van der Waals surface area (Å²) in [5.41, 5.74) is 5.22. The van der Waals surface area contributed by atoms with Gasteiger partial charge in [-0.15, -0.1) is 0 Å². The van der Waals surface area contributed by atoms with Crippen molar-refractivity contribution in [2.24, 2.45) is 0 Å². The highest BCUT2D eigenvalue weighted by Crippen LogP contribution is 2.31. The second-order valence-corrected chi connectivity index (χ2v) is 3.18. The van der Waals surface area contributed by atoms with Crippen LogP contribution in [-0.2, 0) is 0 Å². The van der Waals surface area contributed by atoms with Gasteiger partial charge in [-0.25, -0.2) is 4.39 Å². The minimum atomic E-state index is -0.670. The van der Waals surface area contributed by atoms with Crippen LogP contribution in [0.25, 0.3) is 0 Å². The number of nitrogens with zero attached hydrogens (tertiary/aromatic N) is 1. The average Bonchev–Trinajstić information content (AvgIpc) is 2.07. The predicted molar refractivity (Wildman–Crippen MR) is 47.3 cm³/mol. The van der Waals surface area contributed by atoms with E-state index >= 15 is 0 Å². The van der Waals surface area contributed by atoms with Gasteiger partial charge in [-0.05, 0) is 23.9 Å². The number of hydrogen-bond donors (Lipinski definition) is 1. The normalized spacial score (nSPS) is 9.42. The Balaban J connectivity index is 3.19. The number of nitrogen functional groups attached to an aromatic ring is 1. The van der Waals surface area contributed by atoms with Crippen molar-refractivity contribution < 1.29 is 4.39 Å². The molecule has 0 aliphatic carbocycles. The first-order chi connectivity index (χ1) is 5.66. The highest BCUT2D eigenvalue weighted by atomic mass is 35.5. The van der Waals surface area contributed by atoms with E-state index in [1.54, 1.807) is 5.40 Å². The van der Waals surface area contributed by atoms with Crippen molar-refractivity contribution in [3.05, 3.63) is 23.0 Å². The molecule has 0 heterocycles. The molecule has 1 aromatic rings. The maximum Gasteiger partial charge on any atom is 0.165 e. The minimum Gasteiger partial charge on any atom is -0.396 e. The smallest absolute Gasteiger partial charge is 0.165 e. The van der Waals surface area contributed by atoms with Crippen LogP contribution in [0.5, 0.6) is 0 Å². The van der Waals surface area contributed by atoms with Crippen LogP contribution in [0.2, 0.25) is 5.02 Å². The summed E-state index contributed by atoms with van der Waals surface area (Å²) in [6.45, 7) is 0. The molecular weight excluding hydrogens is 199 g/mol. The molecule has 0 fully saturated rings. The average molecular weight is 203 g/mol. The summed E-state index contributed by atoms with van der Waals surface area (Å²) in [6, 6.07) is 2.88. The molecule has 0 saturated heterocycles. The number of halogens is 2. The van der Waals surface area contributed by atoms with Crippen LogP contribution in [-0.4, -0.2) is 0 Å². The number of hydrogen-bond acceptors (Lipinski definition) is 3. The number of nitriles is 1. The third-order valence-electron chi connectivity index (χ3n) is 1.23. The molecule has 2 nitrogen and oxygen atoms in total. The summed E-state index contributed by atoms with van der Waals surface area (Å²) < 4.78 is 12.9. The lowest BCUT2D eigenvalue weighted by Gasteiger charge is -2.01. The van der Waals surface area contributed by atoms with E-state index < -0.39 is 5.82 Å². The van der Waals surface area contributed by atoms with Crippen LogP contribution in [0.3, 0.4) is 0 Å². The fourth-order valence-corrected chi connectivity index (χ4v) is 1.38. The van der Waals surface area contributed by atoms with Crippen molar-refractivity contribution in [2.45, 2.75) is 4.90 Å². The SMILES string of the molecule is N#CSc1ccc(N)c(F)c1Cl. The predicted octanol–water partition coefficient (Wildman–Crippen LogP) is 2.63. The molecule has 0 aliphatic rings. The molecule has 0 spiro atoms. The van der Waals surface area contributed by atoms with Crippen LogP contribution < -0.4 is 5.73 Å². The van der Waals surface area contributed by atoms with Gasteiger partial charge in [0.25, 0.3) is 0 Å². The number of thioether (sulfide) groups is 1. The van der Waals surface area contributed by atoms with E-state index in [-0.39, 0.29) is 10.7 Å². The standard InChI is InChI=1S/C7H4ClFN2S/c8-6-5(12-3-10)2-1-4(11)7(6)9/h1-2H,11H2. The first-order valence-electron chi connectivity index (χ1n) is 2.96. The lowest BCUT2D eigenvalue weighted by molar-refractivity contribution is 0.629. The maximum atomic E-state index is 12.9. The Hall–Kier alpha value is -0.920. The Kier molecular flexibility index (Phi) is 2.79. The molecule has 0 aromatic heterocycles. The summed E-state index contributed by atoms with van der Waals surface area (Å²) in [7, 11) is 0. The Morgan fingerprint density at radius 2 is 2.25 bits per heavy atom. The van der Waals surface area contributed by atoms with E-state index in [2.05, 4.69) is 0 Å². The van der Waals surface area contributed by atoms with E-state index in [0.29, 0.717) is 4.90 Å². The molecule has 1 rings (SSSR count). The van der Waals surface area contributed by atoms with Crippen molar-refractivity contribution in [2.75, 3.05) is 5.73 Å². The van der Waals surface area contributed by atoms with Gasteiger partial charge in [-0.2, -0.15) is 5.26 Å². The molecule has 0 saturated carbocycles. The third-order valence-corrected chi connectivity index (χ3v) is 2.37. The third kappa shape index (κ3) is 1.63. The van der Waals surface area contributed by atoms with Crippen molar-refractivity contribution in [3.8, 4) is 5.40 Å². The van der Waals surface area contributed by atoms with Gasteiger partial charge in [0, 0.05) is 4.90 Å². The summed E-state index contributed by atoms with van der Waals surface area (Å²) in [4.78, 5) is 0.380. The van der Waals surface area contributed by atoms with E-state index in [1.165, 1.54) is 12.1 Å². The molecule has 5 heteroatoms. The monoisotopic (exact) mass is 202 g/mol. The fourth-order valence-electron chi connectivity index (χ4n) is 0.675. The van der Waals surface area contributed by atoms with Gasteiger partial charge >= 0.3 is 0 Å². The molecule has 0 radical (unpaired) electrons. The van der Waals surface area contributed by atoms with Gasteiger partial charge in [0.1, 0.15) is 5.40 Å². The molecule has 0 amide bonds. The van der Waals surface area contributed by atoms with Crippen LogP contribution in [0.15, 0.2) is 17.0 Å². The first kappa shape index (κ1) is 9.17. The van der Waals surface area contributed by atoms with Gasteiger partial charge in [-0.1, -0.05) is 11.6 Å². The number of thiocyanates is 1. The van der Waals surface area contributed by atoms with Gasteiger partial charge in [-0.3, -0.25) is 0 Å². The Labute approximate surface area is 78.1 Å².